The van der Waals surface area contributed by atoms with Crippen molar-refractivity contribution in [2.45, 2.75) is 107 Å². The van der Waals surface area contributed by atoms with Gasteiger partial charge in [-0.2, -0.15) is 9.97 Å². The van der Waals surface area contributed by atoms with Crippen LogP contribution in [0.4, 0.5) is 15.4 Å². The summed E-state index contributed by atoms with van der Waals surface area (Å²) in [6.45, 7) is -0.526. The van der Waals surface area contributed by atoms with Crippen molar-refractivity contribution in [2.75, 3.05) is 19.5 Å². The van der Waals surface area contributed by atoms with Crippen LogP contribution in [-0.2, 0) is 30.2 Å². The van der Waals surface area contributed by atoms with E-state index in [4.69, 9.17) is 47.4 Å². The van der Waals surface area contributed by atoms with Gasteiger partial charge in [-0.3, -0.25) is 0 Å². The molecule has 8 rings (SSSR count). The van der Waals surface area contributed by atoms with Gasteiger partial charge < -0.3 is 34.0 Å². The predicted octanol–water partition coefficient (Wildman–Crippen LogP) is 5.20. The molecule has 1 unspecified atom stereocenters. The molecule has 2 atom stereocenters. The number of rotatable bonds is 9. The molecule has 0 spiro atoms. The molecular formula is C30H38ClN5O7. The molecule has 6 saturated carbocycles. The van der Waals surface area contributed by atoms with Crippen LogP contribution in [0.15, 0.2) is 6.33 Å². The Kier molecular flexibility index (Phi) is 8.07. The Bertz CT molecular complexity index is 1380. The maximum absolute atomic E-state index is 13.4. The van der Waals surface area contributed by atoms with Gasteiger partial charge in [0.05, 0.1) is 12.9 Å². The van der Waals surface area contributed by atoms with Crippen LogP contribution in [0.3, 0.4) is 0 Å². The van der Waals surface area contributed by atoms with E-state index >= 15 is 0 Å². The van der Waals surface area contributed by atoms with E-state index in [9.17, 15) is 9.59 Å². The second-order valence-corrected chi connectivity index (χ2v) is 13.0. The van der Waals surface area contributed by atoms with Crippen molar-refractivity contribution in [3.8, 4) is 12.3 Å². The largest absolute Gasteiger partial charge is 0.509 e. The maximum atomic E-state index is 13.4. The SMILES string of the molecule is C#CC(COC(=O)OC12CCC(CC1)CC2)(OC)[C@H](Cn1cnc2c(N)nc(Cl)nc21)OC(=O)OC12CCC(CC1)CC2. The third-order valence-corrected chi connectivity index (χ3v) is 10.4. The summed E-state index contributed by atoms with van der Waals surface area (Å²) in [5, 5.41) is -0.0761. The summed E-state index contributed by atoms with van der Waals surface area (Å²) in [5.74, 6) is 4.06. The monoisotopic (exact) mass is 615 g/mol. The number of hydrogen-bond donors (Lipinski definition) is 1. The number of aromatic nitrogens is 4. The Labute approximate surface area is 255 Å². The number of hydrogen-bond acceptors (Lipinski definition) is 11. The van der Waals surface area contributed by atoms with Crippen molar-refractivity contribution in [3.05, 3.63) is 11.6 Å². The first-order valence-corrected chi connectivity index (χ1v) is 15.5. The molecule has 2 aromatic rings. The van der Waals surface area contributed by atoms with E-state index in [1.54, 1.807) is 4.57 Å². The number of carbonyl (C=O) groups is 2. The highest BCUT2D eigenvalue weighted by molar-refractivity contribution is 6.28. The number of methoxy groups -OCH3 is 1. The molecule has 0 saturated heterocycles. The lowest BCUT2D eigenvalue weighted by Crippen LogP contribution is -2.53. The van der Waals surface area contributed by atoms with Crippen molar-refractivity contribution in [2.24, 2.45) is 11.8 Å². The minimum atomic E-state index is -1.71. The summed E-state index contributed by atoms with van der Waals surface area (Å²) in [7, 11) is 1.36. The average molecular weight is 616 g/mol. The van der Waals surface area contributed by atoms with Gasteiger partial charge in [-0.05, 0) is 100 Å². The Morgan fingerprint density at radius 2 is 1.60 bits per heavy atom. The average Bonchev–Trinajstić information content (AvgIpc) is 3.41. The van der Waals surface area contributed by atoms with Crippen LogP contribution in [0.2, 0.25) is 5.28 Å². The van der Waals surface area contributed by atoms with E-state index in [0.29, 0.717) is 23.0 Å². The van der Waals surface area contributed by atoms with Crippen LogP contribution >= 0.6 is 11.6 Å². The maximum Gasteiger partial charge on any atom is 0.509 e. The summed E-state index contributed by atoms with van der Waals surface area (Å²) >= 11 is 6.08. The number of nitrogens with two attached hydrogens (primary N) is 1. The molecule has 2 heterocycles. The first-order valence-electron chi connectivity index (χ1n) is 15.1. The van der Waals surface area contributed by atoms with Crippen LogP contribution in [0.1, 0.15) is 77.0 Å². The summed E-state index contributed by atoms with van der Waals surface area (Å²) in [4.78, 5) is 38.8. The van der Waals surface area contributed by atoms with E-state index in [2.05, 4.69) is 20.9 Å². The predicted molar refractivity (Wildman–Crippen MR) is 155 cm³/mol. The molecule has 6 fully saturated rings. The fourth-order valence-electron chi connectivity index (χ4n) is 7.42. The molecule has 2 N–H and O–H groups in total. The first kappa shape index (κ1) is 29.8. The van der Waals surface area contributed by atoms with Gasteiger partial charge >= 0.3 is 12.3 Å². The molecule has 6 aliphatic carbocycles. The molecule has 13 heteroatoms. The van der Waals surface area contributed by atoms with Gasteiger partial charge in [-0.15, -0.1) is 6.42 Å². The van der Waals surface area contributed by atoms with Gasteiger partial charge in [-0.1, -0.05) is 5.92 Å². The van der Waals surface area contributed by atoms with E-state index in [1.165, 1.54) is 13.4 Å². The number of terminal acetylenes is 1. The highest BCUT2D eigenvalue weighted by Crippen LogP contribution is 2.47. The number of anilines is 1. The highest BCUT2D eigenvalue weighted by Gasteiger charge is 2.48. The van der Waals surface area contributed by atoms with Gasteiger partial charge in [0.2, 0.25) is 10.9 Å². The first-order chi connectivity index (χ1) is 20.7. The van der Waals surface area contributed by atoms with Crippen molar-refractivity contribution in [1.29, 1.82) is 0 Å². The van der Waals surface area contributed by atoms with Crippen LogP contribution in [0.5, 0.6) is 0 Å². The zero-order chi connectivity index (χ0) is 30.2. The lowest BCUT2D eigenvalue weighted by Gasteiger charge is -2.45. The van der Waals surface area contributed by atoms with Gasteiger partial charge in [0, 0.05) is 7.11 Å². The molecule has 0 aromatic carbocycles. The normalized spacial score (nSPS) is 29.8. The second kappa shape index (κ2) is 11.7. The quantitative estimate of drug-likeness (QED) is 0.225. The van der Waals surface area contributed by atoms with Crippen LogP contribution in [-0.4, -0.2) is 68.5 Å². The molecule has 4 bridgehead atoms. The fraction of sp³-hybridized carbons (Fsp3) is 0.700. The summed E-state index contributed by atoms with van der Waals surface area (Å²) in [6, 6.07) is 0. The molecule has 0 aliphatic heterocycles. The number of nitrogen functional groups attached to an aromatic ring is 1. The third-order valence-electron chi connectivity index (χ3n) is 10.2. The molecule has 6 aliphatic rings. The lowest BCUT2D eigenvalue weighted by atomic mass is 9.68. The topological polar surface area (TPSA) is 150 Å². The Balaban J connectivity index is 1.23. The number of carbonyl (C=O) groups excluding carboxylic acids is 2. The Hall–Kier alpha value is -3.30. The van der Waals surface area contributed by atoms with Gasteiger partial charge in [0.1, 0.15) is 23.3 Å². The third kappa shape index (κ3) is 5.94. The van der Waals surface area contributed by atoms with Crippen LogP contribution in [0, 0.1) is 24.2 Å². The van der Waals surface area contributed by atoms with Crippen molar-refractivity contribution >= 4 is 40.9 Å². The molecule has 0 radical (unpaired) electrons. The van der Waals surface area contributed by atoms with E-state index in [1.807, 2.05) is 0 Å². The molecular weight excluding hydrogens is 578 g/mol. The smallest absolute Gasteiger partial charge is 0.430 e. The van der Waals surface area contributed by atoms with Crippen molar-refractivity contribution in [3.63, 3.8) is 0 Å². The molecule has 12 nitrogen and oxygen atoms in total. The zero-order valence-corrected chi connectivity index (χ0v) is 25.1. The number of ether oxygens (including phenoxy) is 5. The number of nitrogens with zero attached hydrogens (tertiary/aromatic N) is 4. The van der Waals surface area contributed by atoms with Crippen molar-refractivity contribution < 1.29 is 33.3 Å². The standard InChI is InChI=1S/C30H38ClN5O7/c1-3-30(39-2,17-40-26(37)42-28-10-4-19(5-11-28)6-12-28)21(16-36-18-33-22-23(32)34-25(31)35-24(22)36)41-27(38)43-29-13-7-20(8-14-29)9-15-29/h1,18-21H,4-17H2,2H3,(H2,32,34,35)/t19?,20?,21-,28?,29?,30?/m0/s1. The van der Waals surface area contributed by atoms with Gasteiger partial charge in [-0.25, -0.2) is 14.6 Å². The number of imidazole rings is 1. The van der Waals surface area contributed by atoms with Crippen LogP contribution in [0.25, 0.3) is 11.2 Å². The zero-order valence-electron chi connectivity index (χ0n) is 24.4. The van der Waals surface area contributed by atoms with Gasteiger partial charge in [0.15, 0.2) is 17.6 Å². The Morgan fingerprint density at radius 3 is 2.14 bits per heavy atom. The Morgan fingerprint density at radius 1 is 1.05 bits per heavy atom. The highest BCUT2D eigenvalue weighted by atomic mass is 35.5. The minimum absolute atomic E-state index is 0.0761. The summed E-state index contributed by atoms with van der Waals surface area (Å²) < 4.78 is 30.7. The molecule has 0 amide bonds. The molecule has 43 heavy (non-hydrogen) atoms. The fourth-order valence-corrected chi connectivity index (χ4v) is 7.59. The summed E-state index contributed by atoms with van der Waals surface area (Å²) in [5.41, 5.74) is 3.84. The van der Waals surface area contributed by atoms with E-state index in [0.717, 1.165) is 77.0 Å². The molecule has 232 valence electrons. The van der Waals surface area contributed by atoms with Gasteiger partial charge in [0.25, 0.3) is 0 Å². The number of halogens is 1. The second-order valence-electron chi connectivity index (χ2n) is 12.6. The van der Waals surface area contributed by atoms with E-state index in [-0.39, 0.29) is 17.6 Å². The summed E-state index contributed by atoms with van der Waals surface area (Å²) in [6.07, 6.45) is 15.6. The number of fused-ring (bicyclic) bond motifs is 7. The van der Waals surface area contributed by atoms with Crippen molar-refractivity contribution in [1.82, 2.24) is 19.5 Å². The van der Waals surface area contributed by atoms with Crippen LogP contribution < -0.4 is 5.73 Å². The molecule has 2 aromatic heterocycles. The van der Waals surface area contributed by atoms with E-state index < -0.39 is 41.8 Å². The minimum Gasteiger partial charge on any atom is -0.430 e. The lowest BCUT2D eigenvalue weighted by molar-refractivity contribution is -0.146.